The van der Waals surface area contributed by atoms with Crippen molar-refractivity contribution in [1.29, 1.82) is 5.26 Å². The average Bonchev–Trinajstić information content (AvgIpc) is 2.85. The van der Waals surface area contributed by atoms with Crippen molar-refractivity contribution in [1.82, 2.24) is 4.98 Å². The van der Waals surface area contributed by atoms with Crippen molar-refractivity contribution >= 4 is 28.3 Å². The fraction of sp³-hybridized carbons (Fsp3) is 0.0769. The third-order valence-corrected chi connectivity index (χ3v) is 3.19. The number of anilines is 1. The number of amides is 1. The van der Waals surface area contributed by atoms with Gasteiger partial charge in [0.25, 0.3) is 5.91 Å². The SMILES string of the molecule is N#Cc1ccc(C(=O)Nc2nc(CC(=O)O)cs2)cc1. The number of carboxylic acid groups (broad SMARTS) is 1. The molecule has 0 bridgehead atoms. The van der Waals surface area contributed by atoms with E-state index in [1.165, 1.54) is 0 Å². The molecule has 7 heteroatoms. The fourth-order valence-electron chi connectivity index (χ4n) is 1.47. The maximum atomic E-state index is 11.9. The van der Waals surface area contributed by atoms with Gasteiger partial charge in [-0.3, -0.25) is 14.9 Å². The third kappa shape index (κ3) is 3.40. The summed E-state index contributed by atoms with van der Waals surface area (Å²) in [4.78, 5) is 26.4. The lowest BCUT2D eigenvalue weighted by atomic mass is 10.1. The summed E-state index contributed by atoms with van der Waals surface area (Å²) in [6.07, 6.45) is -0.177. The minimum absolute atomic E-state index is 0.177. The molecular formula is C13H9N3O3S. The Labute approximate surface area is 118 Å². The Morgan fingerprint density at radius 3 is 2.65 bits per heavy atom. The number of rotatable bonds is 4. The highest BCUT2D eigenvalue weighted by atomic mass is 32.1. The van der Waals surface area contributed by atoms with Crippen LogP contribution in [-0.2, 0) is 11.2 Å². The van der Waals surface area contributed by atoms with Crippen molar-refractivity contribution < 1.29 is 14.7 Å². The molecule has 1 heterocycles. The summed E-state index contributed by atoms with van der Waals surface area (Å²) in [5.41, 5.74) is 1.27. The van der Waals surface area contributed by atoms with E-state index in [9.17, 15) is 9.59 Å². The third-order valence-electron chi connectivity index (χ3n) is 2.38. The summed E-state index contributed by atoms with van der Waals surface area (Å²) < 4.78 is 0. The van der Waals surface area contributed by atoms with Crippen molar-refractivity contribution in [3.63, 3.8) is 0 Å². The molecule has 0 saturated heterocycles. The first-order chi connectivity index (χ1) is 9.58. The number of carbonyl (C=O) groups excluding carboxylic acids is 1. The number of carboxylic acids is 1. The molecule has 0 radical (unpaired) electrons. The molecule has 0 saturated carbocycles. The molecular weight excluding hydrogens is 278 g/mol. The van der Waals surface area contributed by atoms with Gasteiger partial charge >= 0.3 is 5.97 Å². The first-order valence-corrected chi connectivity index (χ1v) is 6.44. The molecule has 0 atom stereocenters. The highest BCUT2D eigenvalue weighted by Crippen LogP contribution is 2.17. The first kappa shape index (κ1) is 13.7. The fourth-order valence-corrected chi connectivity index (χ4v) is 2.17. The number of nitrogens with one attached hydrogen (secondary N) is 1. The van der Waals surface area contributed by atoms with Crippen molar-refractivity contribution in [2.45, 2.75) is 6.42 Å². The summed E-state index contributed by atoms with van der Waals surface area (Å²) in [6.45, 7) is 0. The number of aliphatic carboxylic acids is 1. The van der Waals surface area contributed by atoms with Crippen LogP contribution in [0.5, 0.6) is 0 Å². The number of hydrogen-bond acceptors (Lipinski definition) is 5. The van der Waals surface area contributed by atoms with Gasteiger partial charge in [-0.15, -0.1) is 11.3 Å². The standard InChI is InChI=1S/C13H9N3O3S/c14-6-8-1-3-9(4-2-8)12(19)16-13-15-10(7-20-13)5-11(17)18/h1-4,7H,5H2,(H,17,18)(H,15,16,19). The summed E-state index contributed by atoms with van der Waals surface area (Å²) in [5.74, 6) is -1.33. The Hall–Kier alpha value is -2.72. The van der Waals surface area contributed by atoms with E-state index in [0.29, 0.717) is 22.0 Å². The number of benzene rings is 1. The van der Waals surface area contributed by atoms with Gasteiger partial charge in [0.2, 0.25) is 0 Å². The van der Waals surface area contributed by atoms with Gasteiger partial charge in [-0.05, 0) is 24.3 Å². The molecule has 1 aromatic carbocycles. The van der Waals surface area contributed by atoms with E-state index < -0.39 is 5.97 Å². The number of thiazole rings is 1. The maximum Gasteiger partial charge on any atom is 0.309 e. The number of aromatic nitrogens is 1. The molecule has 0 fully saturated rings. The Morgan fingerprint density at radius 2 is 2.05 bits per heavy atom. The molecule has 6 nitrogen and oxygen atoms in total. The van der Waals surface area contributed by atoms with Gasteiger partial charge in [0.1, 0.15) is 0 Å². The summed E-state index contributed by atoms with van der Waals surface area (Å²) in [5, 5.41) is 21.8. The minimum Gasteiger partial charge on any atom is -0.481 e. The lowest BCUT2D eigenvalue weighted by Gasteiger charge is -2.01. The summed E-state index contributed by atoms with van der Waals surface area (Å²) in [7, 11) is 0. The van der Waals surface area contributed by atoms with Gasteiger partial charge in [0, 0.05) is 10.9 Å². The second-order valence-corrected chi connectivity index (χ2v) is 4.72. The van der Waals surface area contributed by atoms with Crippen LogP contribution in [0.15, 0.2) is 29.6 Å². The second kappa shape index (κ2) is 5.95. The lowest BCUT2D eigenvalue weighted by molar-refractivity contribution is -0.136. The molecule has 1 amide bonds. The van der Waals surface area contributed by atoms with Gasteiger partial charge in [-0.2, -0.15) is 5.26 Å². The molecule has 0 aliphatic heterocycles. The van der Waals surface area contributed by atoms with Crippen LogP contribution < -0.4 is 5.32 Å². The van der Waals surface area contributed by atoms with Crippen LogP contribution in [-0.4, -0.2) is 22.0 Å². The molecule has 0 spiro atoms. The van der Waals surface area contributed by atoms with Crippen LogP contribution in [0.4, 0.5) is 5.13 Å². The van der Waals surface area contributed by atoms with Crippen molar-refractivity contribution in [2.75, 3.05) is 5.32 Å². The van der Waals surface area contributed by atoms with Crippen molar-refractivity contribution in [3.05, 3.63) is 46.5 Å². The zero-order valence-electron chi connectivity index (χ0n) is 10.2. The van der Waals surface area contributed by atoms with E-state index in [0.717, 1.165) is 11.3 Å². The molecule has 2 rings (SSSR count). The number of hydrogen-bond donors (Lipinski definition) is 2. The molecule has 2 N–H and O–H groups in total. The van der Waals surface area contributed by atoms with Crippen LogP contribution in [0.2, 0.25) is 0 Å². The molecule has 0 aliphatic carbocycles. The van der Waals surface area contributed by atoms with Gasteiger partial charge in [-0.25, -0.2) is 4.98 Å². The molecule has 0 aliphatic rings. The van der Waals surface area contributed by atoms with E-state index in [1.807, 2.05) is 6.07 Å². The maximum absolute atomic E-state index is 11.9. The average molecular weight is 287 g/mol. The largest absolute Gasteiger partial charge is 0.481 e. The lowest BCUT2D eigenvalue weighted by Crippen LogP contribution is -2.11. The predicted octanol–water partition coefficient (Wildman–Crippen LogP) is 1.89. The van der Waals surface area contributed by atoms with E-state index in [4.69, 9.17) is 10.4 Å². The van der Waals surface area contributed by atoms with Crippen molar-refractivity contribution in [2.24, 2.45) is 0 Å². The van der Waals surface area contributed by atoms with Gasteiger partial charge in [0.05, 0.1) is 23.7 Å². The Balaban J connectivity index is 2.05. The zero-order valence-corrected chi connectivity index (χ0v) is 11.0. The number of nitriles is 1. The quantitative estimate of drug-likeness (QED) is 0.893. The Kier molecular flexibility index (Phi) is 4.08. The Bertz CT molecular complexity index is 686. The minimum atomic E-state index is -0.972. The van der Waals surface area contributed by atoms with Gasteiger partial charge in [0.15, 0.2) is 5.13 Å². The van der Waals surface area contributed by atoms with E-state index >= 15 is 0 Å². The summed E-state index contributed by atoms with van der Waals surface area (Å²) >= 11 is 1.16. The first-order valence-electron chi connectivity index (χ1n) is 5.56. The normalized spacial score (nSPS) is 9.75. The van der Waals surface area contributed by atoms with Crippen molar-refractivity contribution in [3.8, 4) is 6.07 Å². The topological polar surface area (TPSA) is 103 Å². The van der Waals surface area contributed by atoms with E-state index in [2.05, 4.69) is 10.3 Å². The van der Waals surface area contributed by atoms with E-state index in [-0.39, 0.29) is 12.3 Å². The highest BCUT2D eigenvalue weighted by molar-refractivity contribution is 7.14. The van der Waals surface area contributed by atoms with Crippen LogP contribution >= 0.6 is 11.3 Å². The van der Waals surface area contributed by atoms with E-state index in [1.54, 1.807) is 29.6 Å². The van der Waals surface area contributed by atoms with Crippen LogP contribution in [0, 0.1) is 11.3 Å². The molecule has 0 unspecified atom stereocenters. The van der Waals surface area contributed by atoms with Crippen LogP contribution in [0.25, 0.3) is 0 Å². The zero-order chi connectivity index (χ0) is 14.5. The molecule has 1 aromatic heterocycles. The Morgan fingerprint density at radius 1 is 1.35 bits per heavy atom. The smallest absolute Gasteiger partial charge is 0.309 e. The molecule has 100 valence electrons. The second-order valence-electron chi connectivity index (χ2n) is 3.86. The van der Waals surface area contributed by atoms with Crippen LogP contribution in [0.3, 0.4) is 0 Å². The molecule has 2 aromatic rings. The number of carbonyl (C=O) groups is 2. The predicted molar refractivity (Wildman–Crippen MR) is 72.6 cm³/mol. The summed E-state index contributed by atoms with van der Waals surface area (Å²) in [6, 6.07) is 8.15. The monoisotopic (exact) mass is 287 g/mol. The van der Waals surface area contributed by atoms with Crippen LogP contribution in [0.1, 0.15) is 21.6 Å². The van der Waals surface area contributed by atoms with Gasteiger partial charge in [-0.1, -0.05) is 0 Å². The van der Waals surface area contributed by atoms with Gasteiger partial charge < -0.3 is 5.11 Å². The number of nitrogens with zero attached hydrogens (tertiary/aromatic N) is 2. The molecule has 20 heavy (non-hydrogen) atoms. The highest BCUT2D eigenvalue weighted by Gasteiger charge is 2.10.